The number of hydrogen-bond acceptors (Lipinski definition) is 7. The molecule has 0 radical (unpaired) electrons. The van der Waals surface area contributed by atoms with Crippen molar-refractivity contribution < 1.29 is 9.53 Å². The molecule has 0 bridgehead atoms. The minimum absolute atomic E-state index is 0.0800. The van der Waals surface area contributed by atoms with Crippen molar-refractivity contribution >= 4 is 17.8 Å². The van der Waals surface area contributed by atoms with E-state index in [1.165, 1.54) is 0 Å². The molecule has 8 nitrogen and oxygen atoms in total. The fourth-order valence-electron chi connectivity index (χ4n) is 1.46. The van der Waals surface area contributed by atoms with E-state index in [4.69, 9.17) is 4.74 Å². The molecule has 0 spiro atoms. The summed E-state index contributed by atoms with van der Waals surface area (Å²) >= 11 is 0. The van der Waals surface area contributed by atoms with Gasteiger partial charge in [0.25, 0.3) is 0 Å². The van der Waals surface area contributed by atoms with Crippen LogP contribution in [0.25, 0.3) is 0 Å². The Hall–Kier alpha value is -2.12. The van der Waals surface area contributed by atoms with Gasteiger partial charge in [-0.05, 0) is 27.2 Å². The zero-order valence-electron chi connectivity index (χ0n) is 13.2. The Morgan fingerprint density at radius 1 is 1.19 bits per heavy atom. The third kappa shape index (κ3) is 5.80. The number of ether oxygens (including phenoxy) is 1. The molecule has 1 atom stereocenters. The summed E-state index contributed by atoms with van der Waals surface area (Å²) in [5.41, 5.74) is 0. The normalized spacial score (nSPS) is 11.9. The van der Waals surface area contributed by atoms with Crippen molar-refractivity contribution in [2.24, 2.45) is 0 Å². The molecule has 0 aliphatic rings. The van der Waals surface area contributed by atoms with Crippen molar-refractivity contribution in [2.45, 2.75) is 46.2 Å². The topological polar surface area (TPSA) is 101 Å². The lowest BCUT2D eigenvalue weighted by atomic mass is 10.3. The summed E-state index contributed by atoms with van der Waals surface area (Å²) in [6, 6.07) is -0.148. The summed E-state index contributed by atoms with van der Waals surface area (Å²) in [6.45, 7) is 8.08. The predicted molar refractivity (Wildman–Crippen MR) is 81.5 cm³/mol. The Morgan fingerprint density at radius 3 is 2.43 bits per heavy atom. The lowest BCUT2D eigenvalue weighted by Crippen LogP contribution is -2.41. The van der Waals surface area contributed by atoms with E-state index in [2.05, 4.69) is 30.9 Å². The van der Waals surface area contributed by atoms with Crippen LogP contribution < -0.4 is 20.7 Å². The van der Waals surface area contributed by atoms with Crippen LogP contribution >= 0.6 is 0 Å². The second-order valence-corrected chi connectivity index (χ2v) is 4.89. The van der Waals surface area contributed by atoms with Crippen molar-refractivity contribution in [2.75, 3.05) is 24.3 Å². The second kappa shape index (κ2) is 8.23. The van der Waals surface area contributed by atoms with E-state index in [0.717, 1.165) is 6.42 Å². The maximum atomic E-state index is 11.9. The van der Waals surface area contributed by atoms with E-state index >= 15 is 0 Å². The summed E-state index contributed by atoms with van der Waals surface area (Å²) in [5, 5.41) is 8.60. The van der Waals surface area contributed by atoms with Crippen LogP contribution in [0.1, 0.15) is 34.1 Å². The molecule has 118 valence electrons. The summed E-state index contributed by atoms with van der Waals surface area (Å²) in [7, 11) is 1.71. The number of rotatable bonds is 8. The Balaban J connectivity index is 2.78. The van der Waals surface area contributed by atoms with Crippen molar-refractivity contribution in [3.63, 3.8) is 0 Å². The molecular formula is C13H24N6O2. The van der Waals surface area contributed by atoms with Crippen molar-refractivity contribution in [3.05, 3.63) is 0 Å². The predicted octanol–water partition coefficient (Wildman–Crippen LogP) is 1.03. The third-order valence-electron chi connectivity index (χ3n) is 2.44. The van der Waals surface area contributed by atoms with Crippen molar-refractivity contribution in [1.82, 2.24) is 20.3 Å². The molecule has 0 aliphatic carbocycles. The number of hydrogen-bond donors (Lipinski definition) is 3. The van der Waals surface area contributed by atoms with Gasteiger partial charge in [0.05, 0.1) is 6.61 Å². The summed E-state index contributed by atoms with van der Waals surface area (Å²) < 4.78 is 5.40. The van der Waals surface area contributed by atoms with Crippen LogP contribution in [0, 0.1) is 0 Å². The Bertz CT molecular complexity index is 466. The molecule has 0 aliphatic heterocycles. The van der Waals surface area contributed by atoms with Gasteiger partial charge in [0.1, 0.15) is 6.04 Å². The maximum absolute atomic E-state index is 11.9. The summed E-state index contributed by atoms with van der Waals surface area (Å²) in [5.74, 6) is 0.564. The summed E-state index contributed by atoms with van der Waals surface area (Å²) in [4.78, 5) is 24.3. The van der Waals surface area contributed by atoms with Gasteiger partial charge >= 0.3 is 6.01 Å². The zero-order valence-corrected chi connectivity index (χ0v) is 13.2. The number of carbonyl (C=O) groups is 1. The Labute approximate surface area is 125 Å². The van der Waals surface area contributed by atoms with E-state index in [9.17, 15) is 4.79 Å². The first kappa shape index (κ1) is 16.9. The molecule has 0 aromatic carbocycles. The molecule has 0 saturated carbocycles. The van der Waals surface area contributed by atoms with Gasteiger partial charge in [0.2, 0.25) is 17.8 Å². The molecule has 1 aromatic heterocycles. The van der Waals surface area contributed by atoms with Gasteiger partial charge in [-0.3, -0.25) is 4.79 Å². The smallest absolute Gasteiger partial charge is 0.323 e. The number of nitrogens with zero attached hydrogens (tertiary/aromatic N) is 3. The number of aromatic nitrogens is 3. The highest BCUT2D eigenvalue weighted by molar-refractivity contribution is 5.83. The zero-order chi connectivity index (χ0) is 15.8. The molecule has 8 heteroatoms. The third-order valence-corrected chi connectivity index (χ3v) is 2.44. The molecule has 0 saturated heterocycles. The van der Waals surface area contributed by atoms with Gasteiger partial charge in [-0.1, -0.05) is 6.92 Å². The van der Waals surface area contributed by atoms with Gasteiger partial charge in [0.15, 0.2) is 0 Å². The van der Waals surface area contributed by atoms with Gasteiger partial charge in [-0.15, -0.1) is 0 Å². The van der Waals surface area contributed by atoms with Crippen LogP contribution in [0.3, 0.4) is 0 Å². The maximum Gasteiger partial charge on any atom is 0.323 e. The quantitative estimate of drug-likeness (QED) is 0.658. The van der Waals surface area contributed by atoms with Crippen molar-refractivity contribution in [3.8, 4) is 6.01 Å². The van der Waals surface area contributed by atoms with Crippen LogP contribution in [-0.2, 0) is 4.79 Å². The fraction of sp³-hybridized carbons (Fsp3) is 0.692. The largest absolute Gasteiger partial charge is 0.463 e. The molecule has 0 fully saturated rings. The van der Waals surface area contributed by atoms with Gasteiger partial charge in [0, 0.05) is 13.1 Å². The molecule has 21 heavy (non-hydrogen) atoms. The van der Waals surface area contributed by atoms with Crippen LogP contribution in [0.2, 0.25) is 0 Å². The number of carbonyl (C=O) groups excluding carboxylic acids is 1. The molecule has 3 N–H and O–H groups in total. The number of nitrogens with one attached hydrogen (secondary N) is 3. The first-order chi connectivity index (χ1) is 9.96. The molecule has 1 unspecified atom stereocenters. The average molecular weight is 296 g/mol. The molecule has 1 amide bonds. The first-order valence-corrected chi connectivity index (χ1v) is 7.09. The molecule has 1 rings (SSSR count). The van der Waals surface area contributed by atoms with E-state index in [1.54, 1.807) is 14.0 Å². The fourth-order valence-corrected chi connectivity index (χ4v) is 1.46. The second-order valence-electron chi connectivity index (χ2n) is 4.89. The van der Waals surface area contributed by atoms with E-state index in [1.807, 2.05) is 20.8 Å². The lowest BCUT2D eigenvalue weighted by molar-refractivity contribution is -0.122. The molecular weight excluding hydrogens is 272 g/mol. The SMILES string of the molecule is CCCOc1nc(NC)nc(NC(C)C(=O)NC(C)C)n1. The Morgan fingerprint density at radius 2 is 1.86 bits per heavy atom. The monoisotopic (exact) mass is 296 g/mol. The van der Waals surface area contributed by atoms with E-state index in [0.29, 0.717) is 18.5 Å². The van der Waals surface area contributed by atoms with Crippen LogP contribution in [0.4, 0.5) is 11.9 Å². The van der Waals surface area contributed by atoms with Crippen molar-refractivity contribution in [1.29, 1.82) is 0 Å². The van der Waals surface area contributed by atoms with Crippen LogP contribution in [0.5, 0.6) is 6.01 Å². The summed E-state index contributed by atoms with van der Waals surface area (Å²) in [6.07, 6.45) is 0.858. The Kier molecular flexibility index (Phi) is 6.64. The minimum atomic E-state index is -0.460. The highest BCUT2D eigenvalue weighted by atomic mass is 16.5. The standard InChI is InChI=1S/C13H24N6O2/c1-6-7-21-13-18-11(14-5)17-12(19-13)16-9(4)10(20)15-8(2)3/h8-9H,6-7H2,1-5H3,(H,15,20)(H2,14,16,17,18,19). The highest BCUT2D eigenvalue weighted by Gasteiger charge is 2.16. The number of amides is 1. The molecule has 1 heterocycles. The average Bonchev–Trinajstić information content (AvgIpc) is 2.44. The van der Waals surface area contributed by atoms with E-state index < -0.39 is 6.04 Å². The number of anilines is 2. The molecule has 1 aromatic rings. The van der Waals surface area contributed by atoms with Crippen LogP contribution in [0.15, 0.2) is 0 Å². The van der Waals surface area contributed by atoms with Crippen LogP contribution in [-0.4, -0.2) is 46.6 Å². The van der Waals surface area contributed by atoms with E-state index in [-0.39, 0.29) is 18.0 Å². The minimum Gasteiger partial charge on any atom is -0.463 e. The van der Waals surface area contributed by atoms with Gasteiger partial charge in [-0.2, -0.15) is 15.0 Å². The van der Waals surface area contributed by atoms with Gasteiger partial charge < -0.3 is 20.7 Å². The highest BCUT2D eigenvalue weighted by Crippen LogP contribution is 2.12. The lowest BCUT2D eigenvalue weighted by Gasteiger charge is -2.16. The van der Waals surface area contributed by atoms with Gasteiger partial charge in [-0.25, -0.2) is 0 Å². The first-order valence-electron chi connectivity index (χ1n) is 7.09.